The first-order chi connectivity index (χ1) is 10.3. The zero-order valence-electron chi connectivity index (χ0n) is 11.9. The van der Waals surface area contributed by atoms with Crippen molar-refractivity contribution in [1.29, 1.82) is 0 Å². The molecule has 1 atom stereocenters. The van der Waals surface area contributed by atoms with Gasteiger partial charge in [-0.05, 0) is 25.0 Å². The van der Waals surface area contributed by atoms with Gasteiger partial charge in [-0.2, -0.15) is 0 Å². The molecule has 3 heterocycles. The fourth-order valence-electron chi connectivity index (χ4n) is 2.49. The van der Waals surface area contributed by atoms with Gasteiger partial charge in [-0.1, -0.05) is 6.07 Å². The maximum absolute atomic E-state index is 11.7. The van der Waals surface area contributed by atoms with Crippen LogP contribution in [0.15, 0.2) is 30.6 Å². The highest BCUT2D eigenvalue weighted by atomic mass is 16.5. The Hall–Kier alpha value is -2.08. The van der Waals surface area contributed by atoms with Gasteiger partial charge in [-0.25, -0.2) is 9.78 Å². The molecule has 0 saturated carbocycles. The van der Waals surface area contributed by atoms with Crippen molar-refractivity contribution in [1.82, 2.24) is 20.0 Å². The van der Waals surface area contributed by atoms with Crippen molar-refractivity contribution in [2.45, 2.75) is 25.4 Å². The van der Waals surface area contributed by atoms with Crippen LogP contribution in [0.5, 0.6) is 0 Å². The molecule has 21 heavy (non-hydrogen) atoms. The van der Waals surface area contributed by atoms with Gasteiger partial charge in [0, 0.05) is 38.5 Å². The van der Waals surface area contributed by atoms with Gasteiger partial charge in [0.25, 0.3) is 0 Å². The van der Waals surface area contributed by atoms with Crippen LogP contribution in [0.1, 0.15) is 18.5 Å². The monoisotopic (exact) mass is 288 g/mol. The number of nitrogens with one attached hydrogen (secondary N) is 2. The summed E-state index contributed by atoms with van der Waals surface area (Å²) >= 11 is 0. The third-order valence-electron chi connectivity index (χ3n) is 3.59. The van der Waals surface area contributed by atoms with Crippen molar-refractivity contribution in [3.8, 4) is 0 Å². The number of fused-ring (bicyclic) bond motifs is 1. The molecule has 0 aromatic carbocycles. The second kappa shape index (κ2) is 6.58. The molecule has 2 aromatic heterocycles. The van der Waals surface area contributed by atoms with Crippen molar-refractivity contribution in [2.24, 2.45) is 0 Å². The topological polar surface area (TPSA) is 67.7 Å². The molecule has 1 saturated heterocycles. The molecule has 6 nitrogen and oxygen atoms in total. The third kappa shape index (κ3) is 3.72. The SMILES string of the molecule is O=C(NCCc1cn2ccccc2n1)NC[C@H]1CCCO1. The maximum Gasteiger partial charge on any atom is 0.314 e. The van der Waals surface area contributed by atoms with E-state index in [0.717, 1.165) is 37.2 Å². The maximum atomic E-state index is 11.7. The quantitative estimate of drug-likeness (QED) is 0.873. The number of aromatic nitrogens is 2. The molecule has 3 rings (SSSR count). The highest BCUT2D eigenvalue weighted by Gasteiger charge is 2.15. The zero-order valence-corrected chi connectivity index (χ0v) is 11.9. The van der Waals surface area contributed by atoms with Crippen molar-refractivity contribution in [3.63, 3.8) is 0 Å². The minimum absolute atomic E-state index is 0.144. The Morgan fingerprint density at radius 1 is 1.43 bits per heavy atom. The van der Waals surface area contributed by atoms with E-state index in [4.69, 9.17) is 4.74 Å². The highest BCUT2D eigenvalue weighted by Crippen LogP contribution is 2.10. The number of imidazole rings is 1. The molecule has 0 unspecified atom stereocenters. The third-order valence-corrected chi connectivity index (χ3v) is 3.59. The highest BCUT2D eigenvalue weighted by molar-refractivity contribution is 5.73. The number of carbonyl (C=O) groups excluding carboxylic acids is 1. The molecule has 0 spiro atoms. The molecule has 1 aliphatic rings. The summed E-state index contributed by atoms with van der Waals surface area (Å²) in [5, 5.41) is 5.68. The van der Waals surface area contributed by atoms with E-state index in [1.807, 2.05) is 35.0 Å². The standard InChI is InChI=1S/C15H20N4O2/c20-15(17-10-13-4-3-9-21-13)16-7-6-12-11-19-8-2-1-5-14(19)18-12/h1-2,5,8,11,13H,3-4,6-7,9-10H2,(H2,16,17,20)/t13-/m1/s1. The van der Waals surface area contributed by atoms with E-state index >= 15 is 0 Å². The second-order valence-corrected chi connectivity index (χ2v) is 5.22. The van der Waals surface area contributed by atoms with E-state index in [0.29, 0.717) is 13.1 Å². The first-order valence-electron chi connectivity index (χ1n) is 7.37. The minimum Gasteiger partial charge on any atom is -0.376 e. The van der Waals surface area contributed by atoms with E-state index < -0.39 is 0 Å². The van der Waals surface area contributed by atoms with Gasteiger partial charge in [0.1, 0.15) is 5.65 Å². The molecule has 2 aromatic rings. The Labute approximate surface area is 123 Å². The van der Waals surface area contributed by atoms with Crippen molar-refractivity contribution in [2.75, 3.05) is 19.7 Å². The molecule has 2 amide bonds. The Bertz CT molecular complexity index is 571. The van der Waals surface area contributed by atoms with Gasteiger partial charge in [-0.15, -0.1) is 0 Å². The van der Waals surface area contributed by atoms with E-state index in [9.17, 15) is 4.79 Å². The molecule has 0 radical (unpaired) electrons. The van der Waals surface area contributed by atoms with Crippen LogP contribution < -0.4 is 10.6 Å². The average Bonchev–Trinajstić information content (AvgIpc) is 3.14. The molecule has 0 aliphatic carbocycles. The largest absolute Gasteiger partial charge is 0.376 e. The van der Waals surface area contributed by atoms with E-state index in [2.05, 4.69) is 15.6 Å². The summed E-state index contributed by atoms with van der Waals surface area (Å²) in [6.07, 6.45) is 6.96. The Morgan fingerprint density at radius 2 is 2.38 bits per heavy atom. The van der Waals surface area contributed by atoms with Gasteiger partial charge in [0.15, 0.2) is 0 Å². The molecule has 1 aliphatic heterocycles. The average molecular weight is 288 g/mol. The van der Waals surface area contributed by atoms with E-state index in [1.165, 1.54) is 0 Å². The van der Waals surface area contributed by atoms with Crippen molar-refractivity contribution in [3.05, 3.63) is 36.3 Å². The lowest BCUT2D eigenvalue weighted by atomic mass is 10.2. The summed E-state index contributed by atoms with van der Waals surface area (Å²) in [6, 6.07) is 5.75. The predicted molar refractivity (Wildman–Crippen MR) is 79.3 cm³/mol. The van der Waals surface area contributed by atoms with Crippen LogP contribution in [0.25, 0.3) is 5.65 Å². The van der Waals surface area contributed by atoms with Crippen LogP contribution in [-0.4, -0.2) is 41.2 Å². The van der Waals surface area contributed by atoms with Crippen LogP contribution in [0.3, 0.4) is 0 Å². The van der Waals surface area contributed by atoms with E-state index in [1.54, 1.807) is 0 Å². The molecule has 0 bridgehead atoms. The van der Waals surface area contributed by atoms with Crippen LogP contribution in [0.2, 0.25) is 0 Å². The fraction of sp³-hybridized carbons (Fsp3) is 0.467. The van der Waals surface area contributed by atoms with Gasteiger partial charge in [0.2, 0.25) is 0 Å². The lowest BCUT2D eigenvalue weighted by Crippen LogP contribution is -2.40. The first-order valence-corrected chi connectivity index (χ1v) is 7.37. The summed E-state index contributed by atoms with van der Waals surface area (Å²) in [6.45, 7) is 1.96. The molecular formula is C15H20N4O2. The number of amides is 2. The molecule has 112 valence electrons. The molecular weight excluding hydrogens is 268 g/mol. The zero-order chi connectivity index (χ0) is 14.5. The summed E-state index contributed by atoms with van der Waals surface area (Å²) in [5.74, 6) is 0. The number of carbonyl (C=O) groups is 1. The number of hydrogen-bond acceptors (Lipinski definition) is 3. The normalized spacial score (nSPS) is 18.0. The number of rotatable bonds is 5. The summed E-state index contributed by atoms with van der Waals surface area (Å²) < 4.78 is 7.43. The lowest BCUT2D eigenvalue weighted by molar-refractivity contribution is 0.111. The Balaban J connectivity index is 1.39. The van der Waals surface area contributed by atoms with Crippen molar-refractivity contribution < 1.29 is 9.53 Å². The molecule has 6 heteroatoms. The first kappa shape index (κ1) is 13.9. The summed E-state index contributed by atoms with van der Waals surface area (Å²) in [7, 11) is 0. The smallest absolute Gasteiger partial charge is 0.314 e. The predicted octanol–water partition coefficient (Wildman–Crippen LogP) is 1.35. The number of hydrogen-bond donors (Lipinski definition) is 2. The summed E-state index contributed by atoms with van der Waals surface area (Å²) in [4.78, 5) is 16.1. The number of ether oxygens (including phenoxy) is 1. The molecule has 1 fully saturated rings. The minimum atomic E-state index is -0.144. The number of urea groups is 1. The van der Waals surface area contributed by atoms with Gasteiger partial charge < -0.3 is 19.8 Å². The van der Waals surface area contributed by atoms with Crippen LogP contribution in [0, 0.1) is 0 Å². The summed E-state index contributed by atoms with van der Waals surface area (Å²) in [5.41, 5.74) is 1.90. The van der Waals surface area contributed by atoms with Crippen LogP contribution >= 0.6 is 0 Å². The molecule has 2 N–H and O–H groups in total. The van der Waals surface area contributed by atoms with Gasteiger partial charge >= 0.3 is 6.03 Å². The van der Waals surface area contributed by atoms with E-state index in [-0.39, 0.29) is 12.1 Å². The van der Waals surface area contributed by atoms with Gasteiger partial charge in [0.05, 0.1) is 11.8 Å². The number of nitrogens with zero attached hydrogens (tertiary/aromatic N) is 2. The lowest BCUT2D eigenvalue weighted by Gasteiger charge is -2.11. The number of pyridine rings is 1. The van der Waals surface area contributed by atoms with Crippen molar-refractivity contribution >= 4 is 11.7 Å². The Morgan fingerprint density at radius 3 is 3.19 bits per heavy atom. The van der Waals surface area contributed by atoms with Crippen LogP contribution in [-0.2, 0) is 11.2 Å². The second-order valence-electron chi connectivity index (χ2n) is 5.22. The Kier molecular flexibility index (Phi) is 4.35. The van der Waals surface area contributed by atoms with Crippen LogP contribution in [0.4, 0.5) is 4.79 Å². The fourth-order valence-corrected chi connectivity index (χ4v) is 2.49. The van der Waals surface area contributed by atoms with Gasteiger partial charge in [-0.3, -0.25) is 0 Å².